The number of hydrogen-bond donors (Lipinski definition) is 2. The minimum atomic E-state index is -0.393. The molecule has 1 aromatic carbocycles. The molecule has 2 heterocycles. The van der Waals surface area contributed by atoms with Gasteiger partial charge in [0, 0.05) is 18.2 Å². The van der Waals surface area contributed by atoms with Crippen molar-refractivity contribution in [2.75, 3.05) is 33.2 Å². The predicted molar refractivity (Wildman–Crippen MR) is 117 cm³/mol. The summed E-state index contributed by atoms with van der Waals surface area (Å²) >= 11 is 6.22. The maximum atomic E-state index is 12.8. The molecular weight excluding hydrogens is 416 g/mol. The Morgan fingerprint density at radius 2 is 1.71 bits per heavy atom. The van der Waals surface area contributed by atoms with Crippen LogP contribution in [0.5, 0.6) is 0 Å². The third kappa shape index (κ3) is 4.62. The number of nitrogens with one attached hydrogen (secondary N) is 2. The number of likely N-dealkylation sites (N-methyl/N-ethyl adjacent to an activating group) is 1. The van der Waals surface area contributed by atoms with Crippen LogP contribution >= 0.6 is 11.6 Å². The molecule has 1 aliphatic carbocycles. The van der Waals surface area contributed by atoms with Gasteiger partial charge in [-0.25, -0.2) is 0 Å². The SMILES string of the molecule is C[NH+]1CCN(C(=O)c2ccc(CNC3=C(Cl)C(=O)N(C4CCCCC4)C3=O)cc2)CC1. The van der Waals surface area contributed by atoms with Crippen molar-refractivity contribution in [2.24, 2.45) is 0 Å². The first-order valence-corrected chi connectivity index (χ1v) is 11.5. The van der Waals surface area contributed by atoms with Crippen LogP contribution in [0.4, 0.5) is 0 Å². The molecule has 0 radical (unpaired) electrons. The highest BCUT2D eigenvalue weighted by Crippen LogP contribution is 2.30. The molecule has 0 atom stereocenters. The Morgan fingerprint density at radius 3 is 2.35 bits per heavy atom. The second kappa shape index (κ2) is 9.40. The zero-order valence-electron chi connectivity index (χ0n) is 18.0. The highest BCUT2D eigenvalue weighted by Gasteiger charge is 2.41. The fourth-order valence-electron chi connectivity index (χ4n) is 4.57. The summed E-state index contributed by atoms with van der Waals surface area (Å²) in [6, 6.07) is 7.32. The molecule has 166 valence electrons. The number of amides is 3. The van der Waals surface area contributed by atoms with E-state index in [0.29, 0.717) is 12.1 Å². The van der Waals surface area contributed by atoms with E-state index in [0.717, 1.165) is 63.8 Å². The number of quaternary nitrogens is 1. The van der Waals surface area contributed by atoms with Gasteiger partial charge < -0.3 is 15.1 Å². The second-order valence-electron chi connectivity index (χ2n) is 8.76. The molecule has 2 fully saturated rings. The summed E-state index contributed by atoms with van der Waals surface area (Å²) in [6.07, 6.45) is 4.90. The van der Waals surface area contributed by atoms with Crippen LogP contribution in [0.3, 0.4) is 0 Å². The Morgan fingerprint density at radius 1 is 1.06 bits per heavy atom. The third-order valence-corrected chi connectivity index (χ3v) is 6.92. The molecule has 1 saturated carbocycles. The molecule has 2 N–H and O–H groups in total. The minimum Gasteiger partial charge on any atom is -0.375 e. The van der Waals surface area contributed by atoms with Crippen molar-refractivity contribution in [3.63, 3.8) is 0 Å². The third-order valence-electron chi connectivity index (χ3n) is 6.57. The summed E-state index contributed by atoms with van der Waals surface area (Å²) < 4.78 is 0. The van der Waals surface area contributed by atoms with Gasteiger partial charge in [0.25, 0.3) is 17.7 Å². The van der Waals surface area contributed by atoms with Gasteiger partial charge in [0.15, 0.2) is 0 Å². The highest BCUT2D eigenvalue weighted by molar-refractivity contribution is 6.47. The zero-order chi connectivity index (χ0) is 22.0. The van der Waals surface area contributed by atoms with Gasteiger partial charge in [-0.2, -0.15) is 0 Å². The Labute approximate surface area is 188 Å². The number of imide groups is 1. The molecule has 7 nitrogen and oxygen atoms in total. The predicted octanol–water partition coefficient (Wildman–Crippen LogP) is 0.899. The van der Waals surface area contributed by atoms with Gasteiger partial charge in [-0.15, -0.1) is 0 Å². The van der Waals surface area contributed by atoms with E-state index in [1.165, 1.54) is 9.80 Å². The Bertz CT molecular complexity index is 885. The first-order chi connectivity index (χ1) is 15.0. The molecule has 8 heteroatoms. The van der Waals surface area contributed by atoms with Gasteiger partial charge in [0.1, 0.15) is 10.7 Å². The number of hydrogen-bond acceptors (Lipinski definition) is 4. The van der Waals surface area contributed by atoms with Crippen LogP contribution in [0, 0.1) is 0 Å². The first kappa shape index (κ1) is 21.8. The lowest BCUT2D eigenvalue weighted by molar-refractivity contribution is -0.883. The molecule has 3 aliphatic rings. The minimum absolute atomic E-state index is 0.0282. The van der Waals surface area contributed by atoms with Gasteiger partial charge in [-0.3, -0.25) is 19.3 Å². The average molecular weight is 446 g/mol. The van der Waals surface area contributed by atoms with Crippen molar-refractivity contribution >= 4 is 29.3 Å². The number of piperazine rings is 1. The summed E-state index contributed by atoms with van der Waals surface area (Å²) in [4.78, 5) is 42.8. The van der Waals surface area contributed by atoms with Crippen molar-refractivity contribution in [3.8, 4) is 0 Å². The summed E-state index contributed by atoms with van der Waals surface area (Å²) in [5.41, 5.74) is 1.75. The molecule has 0 unspecified atom stereocenters. The normalized spacial score (nSPS) is 21.2. The van der Waals surface area contributed by atoms with E-state index in [-0.39, 0.29) is 28.6 Å². The quantitative estimate of drug-likeness (QED) is 0.660. The van der Waals surface area contributed by atoms with Crippen molar-refractivity contribution in [1.29, 1.82) is 0 Å². The van der Waals surface area contributed by atoms with Gasteiger partial charge in [-0.1, -0.05) is 43.0 Å². The molecule has 4 rings (SSSR count). The highest BCUT2D eigenvalue weighted by atomic mass is 35.5. The van der Waals surface area contributed by atoms with Crippen LogP contribution in [0.15, 0.2) is 35.0 Å². The maximum Gasteiger partial charge on any atom is 0.278 e. The van der Waals surface area contributed by atoms with Crippen molar-refractivity contribution in [1.82, 2.24) is 15.1 Å². The van der Waals surface area contributed by atoms with Crippen LogP contribution < -0.4 is 10.2 Å². The molecule has 0 spiro atoms. The number of nitrogens with zero attached hydrogens (tertiary/aromatic N) is 2. The summed E-state index contributed by atoms with van der Waals surface area (Å²) in [6.45, 7) is 3.83. The number of carbonyl (C=O) groups excluding carboxylic acids is 3. The lowest BCUT2D eigenvalue weighted by Gasteiger charge is -2.30. The molecule has 0 bridgehead atoms. The molecule has 3 amide bonds. The van der Waals surface area contributed by atoms with Gasteiger partial charge >= 0.3 is 0 Å². The van der Waals surface area contributed by atoms with E-state index in [2.05, 4.69) is 12.4 Å². The molecule has 1 aromatic rings. The van der Waals surface area contributed by atoms with Gasteiger partial charge in [0.2, 0.25) is 0 Å². The zero-order valence-corrected chi connectivity index (χ0v) is 18.7. The van der Waals surface area contributed by atoms with E-state index in [1.807, 2.05) is 29.2 Å². The van der Waals surface area contributed by atoms with E-state index in [4.69, 9.17) is 11.6 Å². The largest absolute Gasteiger partial charge is 0.375 e. The van der Waals surface area contributed by atoms with E-state index in [1.54, 1.807) is 0 Å². The smallest absolute Gasteiger partial charge is 0.278 e. The van der Waals surface area contributed by atoms with Crippen LogP contribution in [-0.2, 0) is 16.1 Å². The Kier molecular flexibility index (Phi) is 6.62. The van der Waals surface area contributed by atoms with Crippen LogP contribution in [0.25, 0.3) is 0 Å². The molecule has 31 heavy (non-hydrogen) atoms. The van der Waals surface area contributed by atoms with Crippen LogP contribution in [0.2, 0.25) is 0 Å². The van der Waals surface area contributed by atoms with Gasteiger partial charge in [0.05, 0.1) is 33.2 Å². The summed E-state index contributed by atoms with van der Waals surface area (Å²) in [5.74, 6) is -0.667. The fourth-order valence-corrected chi connectivity index (χ4v) is 4.81. The fraction of sp³-hybridized carbons (Fsp3) is 0.522. The number of carbonyl (C=O) groups is 3. The van der Waals surface area contributed by atoms with Crippen molar-refractivity contribution in [3.05, 3.63) is 46.1 Å². The molecule has 2 aliphatic heterocycles. The second-order valence-corrected chi connectivity index (χ2v) is 9.14. The topological polar surface area (TPSA) is 74.2 Å². The van der Waals surface area contributed by atoms with Crippen LogP contribution in [0.1, 0.15) is 48.0 Å². The summed E-state index contributed by atoms with van der Waals surface area (Å²) in [5, 5.41) is 3.02. The maximum absolute atomic E-state index is 12.8. The lowest BCUT2D eigenvalue weighted by Crippen LogP contribution is -3.12. The van der Waals surface area contributed by atoms with E-state index in [9.17, 15) is 14.4 Å². The number of benzene rings is 1. The van der Waals surface area contributed by atoms with Crippen LogP contribution in [-0.4, -0.2) is 66.8 Å². The average Bonchev–Trinajstić information content (AvgIpc) is 3.01. The van der Waals surface area contributed by atoms with Gasteiger partial charge in [-0.05, 0) is 30.5 Å². The van der Waals surface area contributed by atoms with E-state index >= 15 is 0 Å². The first-order valence-electron chi connectivity index (χ1n) is 11.2. The summed E-state index contributed by atoms with van der Waals surface area (Å²) in [7, 11) is 2.14. The van der Waals surface area contributed by atoms with Crippen molar-refractivity contribution in [2.45, 2.75) is 44.7 Å². The monoisotopic (exact) mass is 445 g/mol. The Hall–Kier alpha value is -2.38. The van der Waals surface area contributed by atoms with Crippen molar-refractivity contribution < 1.29 is 19.3 Å². The van der Waals surface area contributed by atoms with E-state index < -0.39 is 5.91 Å². The number of halogens is 1. The standard InChI is InChI=1S/C23H29ClN4O3/c1-26-11-13-27(14-12-26)21(29)17-9-7-16(8-10-17)15-25-20-19(24)22(30)28(23(20)31)18-5-3-2-4-6-18/h7-10,18,25H,2-6,11-15H2,1H3/p+1. The Balaban J connectivity index is 1.36. The number of rotatable bonds is 5. The molecule has 1 saturated heterocycles. The lowest BCUT2D eigenvalue weighted by atomic mass is 9.94. The molecular formula is C23H30ClN4O3+. The molecule has 0 aromatic heterocycles.